The highest BCUT2D eigenvalue weighted by atomic mass is 79.9. The fraction of sp³-hybridized carbons (Fsp3) is 0. The molecule has 0 bridgehead atoms. The molecule has 2 aromatic rings. The highest BCUT2D eigenvalue weighted by molar-refractivity contribution is 9.10. The van der Waals surface area contributed by atoms with E-state index in [1.54, 1.807) is 30.3 Å². The van der Waals surface area contributed by atoms with Crippen molar-refractivity contribution in [3.8, 4) is 0 Å². The number of halogens is 3. The highest BCUT2D eigenvalue weighted by Crippen LogP contribution is 2.32. The van der Waals surface area contributed by atoms with Crippen molar-refractivity contribution in [1.82, 2.24) is 0 Å². The lowest BCUT2D eigenvalue weighted by Gasteiger charge is -2.03. The minimum atomic E-state index is -0.319. The zero-order valence-corrected chi connectivity index (χ0v) is 13.0. The molecule has 3 nitrogen and oxygen atoms in total. The third-order valence-electron chi connectivity index (χ3n) is 3.03. The van der Waals surface area contributed by atoms with E-state index in [2.05, 4.69) is 15.9 Å². The van der Waals surface area contributed by atoms with Crippen LogP contribution in [0, 0.1) is 5.21 Å². The summed E-state index contributed by atoms with van der Waals surface area (Å²) in [6.07, 6.45) is 0. The molecule has 6 heteroatoms. The maximum absolute atomic E-state index is 12.3. The molecule has 0 fully saturated rings. The van der Waals surface area contributed by atoms with Crippen molar-refractivity contribution in [3.05, 3.63) is 67.3 Å². The molecule has 0 spiro atoms. The molecule has 0 amide bonds. The van der Waals surface area contributed by atoms with E-state index in [9.17, 15) is 10.0 Å². The Kier molecular flexibility index (Phi) is 3.32. The number of rotatable bonds is 1. The minimum Gasteiger partial charge on any atom is -0.618 e. The molecule has 0 saturated carbocycles. The van der Waals surface area contributed by atoms with Crippen molar-refractivity contribution in [2.45, 2.75) is 0 Å². The molecule has 0 atom stereocenters. The fourth-order valence-electron chi connectivity index (χ4n) is 2.10. The number of carbonyl (C=O) groups is 1. The molecule has 1 aliphatic rings. The van der Waals surface area contributed by atoms with E-state index in [0.717, 1.165) is 4.47 Å². The number of nitrogens with zero attached hydrogens (tertiary/aromatic N) is 1. The van der Waals surface area contributed by atoms with Crippen LogP contribution in [0.1, 0.15) is 15.9 Å². The van der Waals surface area contributed by atoms with Gasteiger partial charge >= 0.3 is 0 Å². The number of fused-ring (bicyclic) bond motifs is 1. The molecule has 0 aliphatic carbocycles. The maximum Gasteiger partial charge on any atom is 0.273 e. The molecule has 3 rings (SSSR count). The van der Waals surface area contributed by atoms with Gasteiger partial charge in [0.1, 0.15) is 5.56 Å². The van der Waals surface area contributed by atoms with Gasteiger partial charge in [0.05, 0.1) is 15.6 Å². The van der Waals surface area contributed by atoms with Gasteiger partial charge < -0.3 is 5.21 Å². The van der Waals surface area contributed by atoms with Crippen LogP contribution in [0.5, 0.6) is 0 Å². The average Bonchev–Trinajstić information content (AvgIpc) is 2.65. The van der Waals surface area contributed by atoms with Crippen LogP contribution in [0.15, 0.2) is 40.9 Å². The summed E-state index contributed by atoms with van der Waals surface area (Å²) in [5, 5.41) is 13.0. The van der Waals surface area contributed by atoms with Gasteiger partial charge in [0.15, 0.2) is 0 Å². The van der Waals surface area contributed by atoms with Gasteiger partial charge in [-0.1, -0.05) is 39.1 Å². The summed E-state index contributed by atoms with van der Waals surface area (Å²) in [7, 11) is 0. The third kappa shape index (κ3) is 2.04. The van der Waals surface area contributed by atoms with Crippen molar-refractivity contribution in [2.75, 3.05) is 0 Å². The third-order valence-corrected chi connectivity index (χ3v) is 4.27. The van der Waals surface area contributed by atoms with Crippen molar-refractivity contribution >= 4 is 56.3 Å². The molecule has 0 radical (unpaired) electrons. The smallest absolute Gasteiger partial charge is 0.273 e. The lowest BCUT2D eigenvalue weighted by atomic mass is 10.0. The molecule has 100 valence electrons. The second-order valence-corrected chi connectivity index (χ2v) is 5.99. The Morgan fingerprint density at radius 2 is 1.80 bits per heavy atom. The summed E-state index contributed by atoms with van der Waals surface area (Å²) in [6.45, 7) is 0. The second-order valence-electron chi connectivity index (χ2n) is 4.26. The molecule has 20 heavy (non-hydrogen) atoms. The van der Waals surface area contributed by atoms with E-state index in [1.165, 1.54) is 6.07 Å². The average molecular weight is 371 g/mol. The van der Waals surface area contributed by atoms with Crippen LogP contribution in [-0.2, 0) is 0 Å². The number of ketones is 1. The number of hydrogen-bond acceptors (Lipinski definition) is 2. The van der Waals surface area contributed by atoms with E-state index in [4.69, 9.17) is 23.2 Å². The van der Waals surface area contributed by atoms with E-state index in [1.807, 2.05) is 0 Å². The van der Waals surface area contributed by atoms with Gasteiger partial charge in [-0.2, -0.15) is 4.74 Å². The molecule has 1 aliphatic heterocycles. The Balaban J connectivity index is 2.20. The van der Waals surface area contributed by atoms with Crippen LogP contribution in [-0.4, -0.2) is 16.2 Å². The molecule has 0 unspecified atom stereocenters. The van der Waals surface area contributed by atoms with Crippen LogP contribution in [0.25, 0.3) is 0 Å². The number of carbonyl (C=O) groups excluding carboxylic acids is 1. The lowest BCUT2D eigenvalue weighted by Crippen LogP contribution is -2.16. The van der Waals surface area contributed by atoms with Gasteiger partial charge in [0.25, 0.3) is 11.5 Å². The van der Waals surface area contributed by atoms with Gasteiger partial charge in [-0.3, -0.25) is 4.79 Å². The first-order valence-electron chi connectivity index (χ1n) is 5.63. The molecule has 0 N–H and O–H groups in total. The van der Waals surface area contributed by atoms with Crippen molar-refractivity contribution in [1.29, 1.82) is 0 Å². The van der Waals surface area contributed by atoms with Crippen LogP contribution in [0.3, 0.4) is 0 Å². The molecule has 0 saturated heterocycles. The van der Waals surface area contributed by atoms with Crippen molar-refractivity contribution < 1.29 is 9.53 Å². The van der Waals surface area contributed by atoms with Crippen LogP contribution in [0.4, 0.5) is 5.69 Å². The van der Waals surface area contributed by atoms with Gasteiger partial charge in [0.2, 0.25) is 5.69 Å². The summed E-state index contributed by atoms with van der Waals surface area (Å²) in [5.41, 5.74) is 1.21. The summed E-state index contributed by atoms with van der Waals surface area (Å²) < 4.78 is 1.36. The number of Topliss-reactive ketones (excluding diaryl/α,β-unsaturated/α-hetero) is 1. The normalized spacial score (nSPS) is 13.8. The Bertz CT molecular complexity index is 787. The zero-order valence-electron chi connectivity index (χ0n) is 9.86. The maximum atomic E-state index is 12.3. The predicted octanol–water partition coefficient (Wildman–Crippen LogP) is 4.58. The Morgan fingerprint density at radius 3 is 2.50 bits per heavy atom. The second kappa shape index (κ2) is 4.88. The lowest BCUT2D eigenvalue weighted by molar-refractivity contribution is -0.355. The quantitative estimate of drug-likeness (QED) is 0.544. The Hall–Kier alpha value is -1.36. The highest BCUT2D eigenvalue weighted by Gasteiger charge is 2.36. The summed E-state index contributed by atoms with van der Waals surface area (Å²) >= 11 is 15.1. The van der Waals surface area contributed by atoms with Crippen molar-refractivity contribution in [2.24, 2.45) is 0 Å². The van der Waals surface area contributed by atoms with Crippen LogP contribution < -0.4 is 0 Å². The Morgan fingerprint density at radius 1 is 1.05 bits per heavy atom. The van der Waals surface area contributed by atoms with Crippen LogP contribution in [0.2, 0.25) is 10.0 Å². The van der Waals surface area contributed by atoms with Gasteiger partial charge in [-0.05, 0) is 30.3 Å². The van der Waals surface area contributed by atoms with E-state index in [0.29, 0.717) is 31.6 Å². The summed E-state index contributed by atoms with van der Waals surface area (Å²) in [4.78, 5) is 12.3. The molecule has 1 heterocycles. The van der Waals surface area contributed by atoms with Gasteiger partial charge in [0, 0.05) is 10.5 Å². The van der Waals surface area contributed by atoms with E-state index in [-0.39, 0.29) is 11.5 Å². The van der Waals surface area contributed by atoms with Crippen molar-refractivity contribution in [3.63, 3.8) is 0 Å². The molecular weight excluding hydrogens is 365 g/mol. The molecular formula is C14H6BrCl2NO2. The number of benzene rings is 2. The number of hydrogen-bond donors (Lipinski definition) is 0. The molecule has 2 aromatic carbocycles. The topological polar surface area (TPSA) is 43.1 Å². The SMILES string of the molecule is O=C1C(c2ccc(Cl)c(Cl)c2)=[N+]([O-])c2cc(Br)ccc21. The first kappa shape index (κ1) is 13.6. The van der Waals surface area contributed by atoms with Gasteiger partial charge in [-0.25, -0.2) is 0 Å². The Labute approximate surface area is 133 Å². The van der Waals surface area contributed by atoms with Gasteiger partial charge in [-0.15, -0.1) is 0 Å². The minimum absolute atomic E-state index is 0.0525. The summed E-state index contributed by atoms with van der Waals surface area (Å²) in [6, 6.07) is 9.65. The van der Waals surface area contributed by atoms with Crippen LogP contribution >= 0.6 is 39.1 Å². The first-order valence-corrected chi connectivity index (χ1v) is 7.18. The molecule has 0 aromatic heterocycles. The fourth-order valence-corrected chi connectivity index (χ4v) is 2.74. The van der Waals surface area contributed by atoms with E-state index >= 15 is 0 Å². The predicted molar refractivity (Wildman–Crippen MR) is 82.3 cm³/mol. The summed E-state index contributed by atoms with van der Waals surface area (Å²) in [5.74, 6) is -0.319. The van der Waals surface area contributed by atoms with E-state index < -0.39 is 0 Å². The monoisotopic (exact) mass is 369 g/mol. The first-order chi connectivity index (χ1) is 9.49. The standard InChI is InChI=1S/C14H6BrCl2NO2/c15-8-2-3-9-12(6-8)18(20)13(14(9)19)7-1-4-10(16)11(17)5-7/h1-6H. The zero-order chi connectivity index (χ0) is 14.4. The largest absolute Gasteiger partial charge is 0.618 e.